The Kier molecular flexibility index (Phi) is 8.03. The normalized spacial score (nSPS) is 13.6. The number of hydrogen-bond donors (Lipinski definition) is 3. The second kappa shape index (κ2) is 10.2. The number of hydrogen-bond acceptors (Lipinski definition) is 4. The maximum Gasteiger partial charge on any atom is 0.407 e. The van der Waals surface area contributed by atoms with E-state index in [2.05, 4.69) is 41.8 Å². The zero-order chi connectivity index (χ0) is 20.6. The van der Waals surface area contributed by atoms with E-state index >= 15 is 0 Å². The lowest BCUT2D eigenvalue weighted by atomic mass is 10.0. The third-order valence-corrected chi connectivity index (χ3v) is 4.27. The summed E-state index contributed by atoms with van der Waals surface area (Å²) in [7, 11) is 0. The Labute approximate surface area is 168 Å². The fraction of sp³-hybridized carbons (Fsp3) is 0.435. The minimum Gasteiger partial charge on any atom is -0.444 e. The lowest BCUT2D eigenvalue weighted by molar-refractivity contribution is 0.0422. The molecule has 2 rings (SSSR count). The van der Waals surface area contributed by atoms with E-state index in [4.69, 9.17) is 4.74 Å². The molecule has 152 valence electrons. The number of aliphatic hydroxyl groups is 1. The number of amides is 1. The summed E-state index contributed by atoms with van der Waals surface area (Å²) in [4.78, 5) is 12.2. The summed E-state index contributed by atoms with van der Waals surface area (Å²) in [5, 5.41) is 16.8. The Hall–Kier alpha value is -2.37. The Bertz CT molecular complexity index is 724. The SMILES string of the molecule is Cc1ccc(CNC[C@@H](O)[C@H](Cc2ccccc2)NC(=O)OC(C)(C)C)cc1. The number of aryl methyl sites for hydroxylation is 1. The summed E-state index contributed by atoms with van der Waals surface area (Å²) >= 11 is 0. The molecule has 0 aliphatic rings. The molecule has 0 heterocycles. The maximum atomic E-state index is 12.2. The molecule has 1 amide bonds. The van der Waals surface area contributed by atoms with Gasteiger partial charge in [0.1, 0.15) is 5.60 Å². The number of carbonyl (C=O) groups excluding carboxylic acids is 1. The molecule has 2 aromatic rings. The van der Waals surface area contributed by atoms with Crippen LogP contribution in [0.15, 0.2) is 54.6 Å². The van der Waals surface area contributed by atoms with Gasteiger partial charge in [-0.05, 0) is 45.2 Å². The first-order valence-electron chi connectivity index (χ1n) is 9.71. The minimum atomic E-state index is -0.752. The lowest BCUT2D eigenvalue weighted by Crippen LogP contribution is -2.49. The number of benzene rings is 2. The molecular formula is C23H32N2O3. The third kappa shape index (κ3) is 8.11. The Morgan fingerprint density at radius 3 is 2.29 bits per heavy atom. The Morgan fingerprint density at radius 2 is 1.68 bits per heavy atom. The van der Waals surface area contributed by atoms with Crippen molar-refractivity contribution in [2.75, 3.05) is 6.54 Å². The summed E-state index contributed by atoms with van der Waals surface area (Å²) in [5.74, 6) is 0. The zero-order valence-electron chi connectivity index (χ0n) is 17.2. The average Bonchev–Trinajstić information content (AvgIpc) is 2.62. The van der Waals surface area contributed by atoms with E-state index < -0.39 is 23.8 Å². The van der Waals surface area contributed by atoms with Crippen molar-refractivity contribution in [2.24, 2.45) is 0 Å². The molecule has 0 saturated heterocycles. The van der Waals surface area contributed by atoms with Crippen LogP contribution in [0.3, 0.4) is 0 Å². The van der Waals surface area contributed by atoms with E-state index in [1.165, 1.54) is 5.56 Å². The van der Waals surface area contributed by atoms with Crippen LogP contribution < -0.4 is 10.6 Å². The van der Waals surface area contributed by atoms with Gasteiger partial charge in [0.05, 0.1) is 12.1 Å². The first-order valence-corrected chi connectivity index (χ1v) is 9.71. The van der Waals surface area contributed by atoms with Gasteiger partial charge in [0.15, 0.2) is 0 Å². The molecule has 0 unspecified atom stereocenters. The molecule has 28 heavy (non-hydrogen) atoms. The molecule has 0 aliphatic carbocycles. The highest BCUT2D eigenvalue weighted by Crippen LogP contribution is 2.10. The second-order valence-electron chi connectivity index (χ2n) is 8.13. The van der Waals surface area contributed by atoms with Gasteiger partial charge in [-0.3, -0.25) is 0 Å². The highest BCUT2D eigenvalue weighted by Gasteiger charge is 2.24. The molecule has 3 N–H and O–H groups in total. The van der Waals surface area contributed by atoms with Crippen molar-refractivity contribution in [2.45, 2.75) is 58.4 Å². The van der Waals surface area contributed by atoms with Crippen LogP contribution in [0.1, 0.15) is 37.5 Å². The molecule has 0 saturated carbocycles. The first-order chi connectivity index (χ1) is 13.2. The number of carbonyl (C=O) groups is 1. The van der Waals surface area contributed by atoms with Crippen molar-refractivity contribution in [1.29, 1.82) is 0 Å². The largest absolute Gasteiger partial charge is 0.444 e. The molecule has 0 radical (unpaired) electrons. The fourth-order valence-corrected chi connectivity index (χ4v) is 2.82. The van der Waals surface area contributed by atoms with Gasteiger partial charge in [-0.2, -0.15) is 0 Å². The lowest BCUT2D eigenvalue weighted by Gasteiger charge is -2.27. The van der Waals surface area contributed by atoms with Gasteiger partial charge in [0, 0.05) is 13.1 Å². The monoisotopic (exact) mass is 384 g/mol. The van der Waals surface area contributed by atoms with Crippen molar-refractivity contribution in [3.8, 4) is 0 Å². The van der Waals surface area contributed by atoms with E-state index in [-0.39, 0.29) is 0 Å². The summed E-state index contributed by atoms with van der Waals surface area (Å²) in [6.45, 7) is 8.52. The average molecular weight is 385 g/mol. The summed E-state index contributed by atoms with van der Waals surface area (Å²) in [5.41, 5.74) is 2.82. The van der Waals surface area contributed by atoms with E-state index in [0.717, 1.165) is 11.1 Å². The van der Waals surface area contributed by atoms with Crippen molar-refractivity contribution in [3.63, 3.8) is 0 Å². The van der Waals surface area contributed by atoms with Crippen LogP contribution in [0, 0.1) is 6.92 Å². The highest BCUT2D eigenvalue weighted by molar-refractivity contribution is 5.68. The zero-order valence-corrected chi connectivity index (χ0v) is 17.2. The van der Waals surface area contributed by atoms with Crippen LogP contribution in [0.2, 0.25) is 0 Å². The van der Waals surface area contributed by atoms with Gasteiger partial charge < -0.3 is 20.5 Å². The van der Waals surface area contributed by atoms with Gasteiger partial charge in [-0.1, -0.05) is 60.2 Å². The molecule has 0 aromatic heterocycles. The topological polar surface area (TPSA) is 70.6 Å². The highest BCUT2D eigenvalue weighted by atomic mass is 16.6. The van der Waals surface area contributed by atoms with Gasteiger partial charge in [-0.25, -0.2) is 4.79 Å². The standard InChI is InChI=1S/C23H32N2O3/c1-17-10-12-19(13-11-17)15-24-16-21(26)20(14-18-8-6-5-7-9-18)25-22(27)28-23(2,3)4/h5-13,20-21,24,26H,14-16H2,1-4H3,(H,25,27)/t20-,21+/m0/s1. The summed E-state index contributed by atoms with van der Waals surface area (Å²) in [6, 6.07) is 17.6. The van der Waals surface area contributed by atoms with E-state index in [0.29, 0.717) is 19.5 Å². The molecule has 0 spiro atoms. The van der Waals surface area contributed by atoms with Gasteiger partial charge in [0.25, 0.3) is 0 Å². The van der Waals surface area contributed by atoms with Crippen LogP contribution >= 0.6 is 0 Å². The van der Waals surface area contributed by atoms with Crippen molar-refractivity contribution in [3.05, 3.63) is 71.3 Å². The first kappa shape index (κ1) is 21.9. The van der Waals surface area contributed by atoms with Crippen LogP contribution in [-0.2, 0) is 17.7 Å². The smallest absolute Gasteiger partial charge is 0.407 e. The van der Waals surface area contributed by atoms with Gasteiger partial charge in [-0.15, -0.1) is 0 Å². The predicted molar refractivity (Wildman–Crippen MR) is 112 cm³/mol. The van der Waals surface area contributed by atoms with Crippen molar-refractivity contribution < 1.29 is 14.6 Å². The van der Waals surface area contributed by atoms with E-state index in [1.807, 2.05) is 51.1 Å². The molecule has 0 bridgehead atoms. The van der Waals surface area contributed by atoms with E-state index in [9.17, 15) is 9.90 Å². The molecule has 5 nitrogen and oxygen atoms in total. The number of aliphatic hydroxyl groups excluding tert-OH is 1. The number of rotatable bonds is 8. The minimum absolute atomic E-state index is 0.362. The molecule has 2 aromatic carbocycles. The molecule has 5 heteroatoms. The Morgan fingerprint density at radius 1 is 1.04 bits per heavy atom. The van der Waals surface area contributed by atoms with Crippen LogP contribution in [-0.4, -0.2) is 35.5 Å². The third-order valence-electron chi connectivity index (χ3n) is 4.27. The molecule has 0 aliphatic heterocycles. The van der Waals surface area contributed by atoms with E-state index in [1.54, 1.807) is 0 Å². The predicted octanol–water partition coefficient (Wildman–Crippen LogP) is 3.58. The van der Waals surface area contributed by atoms with Crippen LogP contribution in [0.4, 0.5) is 4.79 Å². The number of alkyl carbamates (subject to hydrolysis) is 1. The second-order valence-corrected chi connectivity index (χ2v) is 8.13. The van der Waals surface area contributed by atoms with Crippen LogP contribution in [0.5, 0.6) is 0 Å². The molecule has 0 fully saturated rings. The number of nitrogens with one attached hydrogen (secondary N) is 2. The molecule has 2 atom stereocenters. The quantitative estimate of drug-likeness (QED) is 0.651. The number of ether oxygens (including phenoxy) is 1. The Balaban J connectivity index is 1.95. The summed E-state index contributed by atoms with van der Waals surface area (Å²) in [6.07, 6.45) is -0.753. The van der Waals surface area contributed by atoms with Crippen molar-refractivity contribution >= 4 is 6.09 Å². The fourth-order valence-electron chi connectivity index (χ4n) is 2.82. The maximum absolute atomic E-state index is 12.2. The van der Waals surface area contributed by atoms with Crippen molar-refractivity contribution in [1.82, 2.24) is 10.6 Å². The van der Waals surface area contributed by atoms with Gasteiger partial charge >= 0.3 is 6.09 Å². The summed E-state index contributed by atoms with van der Waals surface area (Å²) < 4.78 is 5.36. The van der Waals surface area contributed by atoms with Crippen LogP contribution in [0.25, 0.3) is 0 Å². The molecular weight excluding hydrogens is 352 g/mol. The van der Waals surface area contributed by atoms with Gasteiger partial charge in [0.2, 0.25) is 0 Å².